The third-order valence-electron chi connectivity index (χ3n) is 5.25. The van der Waals surface area contributed by atoms with E-state index in [0.717, 1.165) is 22.2 Å². The van der Waals surface area contributed by atoms with Crippen molar-refractivity contribution in [1.29, 1.82) is 0 Å². The van der Waals surface area contributed by atoms with E-state index in [1.165, 1.54) is 4.68 Å². The van der Waals surface area contributed by atoms with E-state index < -0.39 is 0 Å². The number of aromatic nitrogens is 2. The zero-order chi connectivity index (χ0) is 20.9. The molecule has 150 valence electrons. The fraction of sp³-hybridized carbons (Fsp3) is 0.160. The van der Waals surface area contributed by atoms with Crippen molar-refractivity contribution in [2.75, 3.05) is 6.54 Å². The average Bonchev–Trinajstić information content (AvgIpc) is 2.79. The van der Waals surface area contributed by atoms with E-state index in [2.05, 4.69) is 34.7 Å². The van der Waals surface area contributed by atoms with E-state index in [-0.39, 0.29) is 23.9 Å². The minimum Gasteiger partial charge on any atom is -0.354 e. The molecule has 0 aliphatic carbocycles. The summed E-state index contributed by atoms with van der Waals surface area (Å²) in [5.41, 5.74) is 2.72. The van der Waals surface area contributed by atoms with Gasteiger partial charge in [0, 0.05) is 17.8 Å². The van der Waals surface area contributed by atoms with Crippen LogP contribution >= 0.6 is 0 Å². The van der Waals surface area contributed by atoms with Crippen LogP contribution in [0.2, 0.25) is 0 Å². The molecule has 3 aromatic carbocycles. The molecule has 0 aliphatic rings. The second-order valence-corrected chi connectivity index (χ2v) is 7.27. The lowest BCUT2D eigenvalue weighted by atomic mass is 9.91. The monoisotopic (exact) mass is 397 g/mol. The number of hydrogen-bond acceptors (Lipinski definition) is 3. The minimum atomic E-state index is -0.256. The lowest BCUT2D eigenvalue weighted by Crippen LogP contribution is -2.36. The van der Waals surface area contributed by atoms with E-state index in [0.29, 0.717) is 11.9 Å². The van der Waals surface area contributed by atoms with Gasteiger partial charge in [-0.1, -0.05) is 78.9 Å². The van der Waals surface area contributed by atoms with Crippen molar-refractivity contribution in [3.63, 3.8) is 0 Å². The van der Waals surface area contributed by atoms with Crippen LogP contribution in [0, 0.1) is 6.92 Å². The molecular formula is C25H23N3O2. The Hall–Kier alpha value is -3.73. The standard InChI is InChI=1S/C25H23N3O2/c1-18-21-14-8-9-15-22(21)25(30)28(27-18)17-24(29)26-16-23(19-10-4-2-5-11-19)20-12-6-3-7-13-20/h2-15,23H,16-17H2,1H3,(H,26,29). The lowest BCUT2D eigenvalue weighted by Gasteiger charge is -2.19. The Morgan fingerprint density at radius 2 is 1.40 bits per heavy atom. The molecule has 1 heterocycles. The normalized spacial score (nSPS) is 11.0. The number of nitrogens with one attached hydrogen (secondary N) is 1. The molecule has 0 aliphatic heterocycles. The highest BCUT2D eigenvalue weighted by Crippen LogP contribution is 2.23. The van der Waals surface area contributed by atoms with Crippen molar-refractivity contribution < 1.29 is 4.79 Å². The molecule has 0 saturated heterocycles. The second-order valence-electron chi connectivity index (χ2n) is 7.27. The van der Waals surface area contributed by atoms with Gasteiger partial charge in [0.05, 0.1) is 11.1 Å². The smallest absolute Gasteiger partial charge is 0.275 e. The van der Waals surface area contributed by atoms with Gasteiger partial charge in [-0.25, -0.2) is 4.68 Å². The molecule has 0 unspecified atom stereocenters. The van der Waals surface area contributed by atoms with Gasteiger partial charge in [-0.05, 0) is 24.1 Å². The summed E-state index contributed by atoms with van der Waals surface area (Å²) in [4.78, 5) is 25.4. The third-order valence-corrected chi connectivity index (χ3v) is 5.25. The highest BCUT2D eigenvalue weighted by Gasteiger charge is 2.16. The Balaban J connectivity index is 1.53. The van der Waals surface area contributed by atoms with Gasteiger partial charge in [0.25, 0.3) is 5.56 Å². The Kier molecular flexibility index (Phi) is 5.70. The molecular weight excluding hydrogens is 374 g/mol. The molecule has 0 spiro atoms. The molecule has 5 heteroatoms. The van der Waals surface area contributed by atoms with Gasteiger partial charge in [-0.3, -0.25) is 9.59 Å². The summed E-state index contributed by atoms with van der Waals surface area (Å²) in [6, 6.07) is 27.5. The van der Waals surface area contributed by atoms with E-state index >= 15 is 0 Å². The average molecular weight is 397 g/mol. The van der Waals surface area contributed by atoms with E-state index in [1.54, 1.807) is 6.07 Å². The van der Waals surface area contributed by atoms with Crippen molar-refractivity contribution in [1.82, 2.24) is 15.1 Å². The van der Waals surface area contributed by atoms with Gasteiger partial charge < -0.3 is 5.32 Å². The number of benzene rings is 3. The molecule has 0 fully saturated rings. The summed E-state index contributed by atoms with van der Waals surface area (Å²) in [7, 11) is 0. The van der Waals surface area contributed by atoms with Crippen LogP contribution in [0.3, 0.4) is 0 Å². The number of carbonyl (C=O) groups is 1. The first-order valence-electron chi connectivity index (χ1n) is 9.96. The summed E-state index contributed by atoms with van der Waals surface area (Å²) in [6.45, 7) is 2.17. The second kappa shape index (κ2) is 8.74. The number of rotatable bonds is 6. The minimum absolute atomic E-state index is 0.0272. The molecule has 0 radical (unpaired) electrons. The summed E-state index contributed by atoms with van der Waals surface area (Å²) >= 11 is 0. The lowest BCUT2D eigenvalue weighted by molar-refractivity contribution is -0.121. The van der Waals surface area contributed by atoms with Crippen molar-refractivity contribution in [2.24, 2.45) is 0 Å². The third kappa shape index (κ3) is 4.15. The predicted molar refractivity (Wildman–Crippen MR) is 118 cm³/mol. The van der Waals surface area contributed by atoms with Crippen LogP contribution < -0.4 is 10.9 Å². The zero-order valence-electron chi connectivity index (χ0n) is 16.8. The summed E-state index contributed by atoms with van der Waals surface area (Å²) in [5, 5.41) is 8.70. The topological polar surface area (TPSA) is 64.0 Å². The first kappa shape index (κ1) is 19.6. The first-order valence-corrected chi connectivity index (χ1v) is 9.96. The molecule has 0 atom stereocenters. The molecule has 4 aromatic rings. The van der Waals surface area contributed by atoms with Crippen LogP contribution in [0.1, 0.15) is 22.7 Å². The molecule has 0 saturated carbocycles. The number of fused-ring (bicyclic) bond motifs is 1. The molecule has 30 heavy (non-hydrogen) atoms. The molecule has 0 bridgehead atoms. The Morgan fingerprint density at radius 1 is 0.867 bits per heavy atom. The van der Waals surface area contributed by atoms with Gasteiger partial charge in [0.2, 0.25) is 5.91 Å². The number of amides is 1. The summed E-state index contributed by atoms with van der Waals surface area (Å²) in [5.74, 6) is -0.212. The highest BCUT2D eigenvalue weighted by molar-refractivity contribution is 5.83. The van der Waals surface area contributed by atoms with Crippen molar-refractivity contribution in [2.45, 2.75) is 19.4 Å². The molecule has 5 nitrogen and oxygen atoms in total. The van der Waals surface area contributed by atoms with Crippen molar-refractivity contribution >= 4 is 16.7 Å². The quantitative estimate of drug-likeness (QED) is 0.540. The maximum absolute atomic E-state index is 12.7. The van der Waals surface area contributed by atoms with Crippen LogP contribution in [0.25, 0.3) is 10.8 Å². The predicted octanol–water partition coefficient (Wildman–Crippen LogP) is 3.65. The number of carbonyl (C=O) groups excluding carboxylic acids is 1. The zero-order valence-corrected chi connectivity index (χ0v) is 16.8. The van der Waals surface area contributed by atoms with Crippen molar-refractivity contribution in [3.05, 3.63) is 112 Å². The SMILES string of the molecule is Cc1nn(CC(=O)NCC(c2ccccc2)c2ccccc2)c(=O)c2ccccc12. The fourth-order valence-electron chi connectivity index (χ4n) is 3.72. The van der Waals surface area contributed by atoms with E-state index in [4.69, 9.17) is 0 Å². The maximum atomic E-state index is 12.7. The molecule has 4 rings (SSSR count). The summed E-state index contributed by atoms with van der Waals surface area (Å²) in [6.07, 6.45) is 0. The molecule has 1 amide bonds. The largest absolute Gasteiger partial charge is 0.354 e. The van der Waals surface area contributed by atoms with E-state index in [9.17, 15) is 9.59 Å². The molecule has 1 aromatic heterocycles. The maximum Gasteiger partial charge on any atom is 0.275 e. The number of hydrogen-bond donors (Lipinski definition) is 1. The van der Waals surface area contributed by atoms with Gasteiger partial charge >= 0.3 is 0 Å². The van der Waals surface area contributed by atoms with Gasteiger partial charge in [-0.15, -0.1) is 0 Å². The van der Waals surface area contributed by atoms with Crippen LogP contribution in [0.4, 0.5) is 0 Å². The van der Waals surface area contributed by atoms with Crippen molar-refractivity contribution in [3.8, 4) is 0 Å². The highest BCUT2D eigenvalue weighted by atomic mass is 16.2. The van der Waals surface area contributed by atoms with Crippen LogP contribution in [0.5, 0.6) is 0 Å². The van der Waals surface area contributed by atoms with Crippen LogP contribution in [-0.2, 0) is 11.3 Å². The fourth-order valence-corrected chi connectivity index (χ4v) is 3.72. The van der Waals surface area contributed by atoms with Crippen LogP contribution in [-0.4, -0.2) is 22.2 Å². The number of nitrogens with zero attached hydrogens (tertiary/aromatic N) is 2. The van der Waals surface area contributed by atoms with Gasteiger partial charge in [0.15, 0.2) is 0 Å². The van der Waals surface area contributed by atoms with Crippen LogP contribution in [0.15, 0.2) is 89.7 Å². The Labute approximate surface area is 175 Å². The number of aryl methyl sites for hydroxylation is 1. The van der Waals surface area contributed by atoms with Gasteiger partial charge in [-0.2, -0.15) is 5.10 Å². The Morgan fingerprint density at radius 3 is 2.00 bits per heavy atom. The first-order chi connectivity index (χ1) is 14.6. The van der Waals surface area contributed by atoms with E-state index in [1.807, 2.05) is 61.5 Å². The summed E-state index contributed by atoms with van der Waals surface area (Å²) < 4.78 is 1.24. The van der Waals surface area contributed by atoms with Gasteiger partial charge in [0.1, 0.15) is 6.54 Å². The molecule has 1 N–H and O–H groups in total. The Bertz CT molecular complexity index is 1180.